The maximum absolute atomic E-state index is 12.8. The van der Waals surface area contributed by atoms with Gasteiger partial charge < -0.3 is 10.1 Å². The third-order valence-corrected chi connectivity index (χ3v) is 6.55. The van der Waals surface area contributed by atoms with E-state index in [0.29, 0.717) is 24.9 Å². The van der Waals surface area contributed by atoms with Gasteiger partial charge in [-0.1, -0.05) is 0 Å². The number of hydrazine groups is 1. The highest BCUT2D eigenvalue weighted by Crippen LogP contribution is 2.31. The molecule has 27 heavy (non-hydrogen) atoms. The molecule has 3 heterocycles. The van der Waals surface area contributed by atoms with Crippen molar-refractivity contribution >= 4 is 29.7 Å². The van der Waals surface area contributed by atoms with E-state index < -0.39 is 17.9 Å². The summed E-state index contributed by atoms with van der Waals surface area (Å²) in [6.45, 7) is 6.19. The number of ether oxygens (including phenoxy) is 1. The minimum atomic E-state index is -0.743. The average molecular weight is 400 g/mol. The van der Waals surface area contributed by atoms with Gasteiger partial charge in [-0.25, -0.2) is 15.2 Å². The van der Waals surface area contributed by atoms with Crippen molar-refractivity contribution in [3.63, 3.8) is 0 Å². The van der Waals surface area contributed by atoms with E-state index in [9.17, 15) is 14.4 Å². The lowest BCUT2D eigenvalue weighted by atomic mass is 10.0. The summed E-state index contributed by atoms with van der Waals surface area (Å²) in [6, 6.07) is 0.449. The van der Waals surface area contributed by atoms with Crippen molar-refractivity contribution in [1.29, 1.82) is 0 Å². The Morgan fingerprint density at radius 1 is 1.22 bits per heavy atom. The lowest BCUT2D eigenvalue weighted by Gasteiger charge is -2.39. The Hall–Kier alpha value is -1.36. The van der Waals surface area contributed by atoms with Crippen molar-refractivity contribution in [3.8, 4) is 0 Å². The molecule has 0 bridgehead atoms. The van der Waals surface area contributed by atoms with Crippen LogP contribution >= 0.6 is 11.8 Å². The molecule has 3 saturated heterocycles. The standard InChI is InChI=1S/C17H29N5O4S/c1-4-26-17(25)20-14(23)11-5-6-27-16(11)19-15(24)12-8-13-18-9(2)7-10(3)22(13)21-12/h9-13,16,18,21H,4-8H2,1-3H3,(H,19,24)(H,20,23,25). The summed E-state index contributed by atoms with van der Waals surface area (Å²) in [7, 11) is 0. The van der Waals surface area contributed by atoms with Crippen molar-refractivity contribution in [2.45, 2.75) is 69.7 Å². The van der Waals surface area contributed by atoms with Gasteiger partial charge in [0.1, 0.15) is 6.04 Å². The first-order valence-electron chi connectivity index (χ1n) is 9.59. The van der Waals surface area contributed by atoms with Crippen LogP contribution in [0, 0.1) is 5.92 Å². The molecule has 0 radical (unpaired) electrons. The van der Waals surface area contributed by atoms with E-state index >= 15 is 0 Å². The predicted octanol–water partition coefficient (Wildman–Crippen LogP) is 0.130. The number of thioether (sulfide) groups is 1. The fraction of sp³-hybridized carbons (Fsp3) is 0.824. The van der Waals surface area contributed by atoms with Gasteiger partial charge in [-0.2, -0.15) is 0 Å². The first-order chi connectivity index (χ1) is 12.9. The van der Waals surface area contributed by atoms with E-state index in [-0.39, 0.29) is 30.1 Å². The van der Waals surface area contributed by atoms with Crippen LogP contribution in [0.5, 0.6) is 0 Å². The molecular formula is C17H29N5O4S. The number of rotatable bonds is 4. The van der Waals surface area contributed by atoms with E-state index in [1.807, 2.05) is 0 Å². The summed E-state index contributed by atoms with van der Waals surface area (Å²) < 4.78 is 4.76. The Labute approximate surface area is 163 Å². The normalized spacial score (nSPS) is 36.1. The number of imide groups is 1. The molecule has 0 aromatic heterocycles. The molecule has 3 fully saturated rings. The third kappa shape index (κ3) is 4.74. The van der Waals surface area contributed by atoms with Gasteiger partial charge in [0.25, 0.3) is 0 Å². The van der Waals surface area contributed by atoms with Crippen molar-refractivity contribution in [1.82, 2.24) is 26.4 Å². The molecule has 0 aromatic rings. The largest absolute Gasteiger partial charge is 0.450 e. The van der Waals surface area contributed by atoms with Crippen LogP contribution in [-0.2, 0) is 14.3 Å². The topological polar surface area (TPSA) is 112 Å². The Balaban J connectivity index is 1.54. The van der Waals surface area contributed by atoms with Crippen molar-refractivity contribution in [2.75, 3.05) is 12.4 Å². The zero-order chi connectivity index (χ0) is 19.6. The van der Waals surface area contributed by atoms with Gasteiger partial charge in [0.15, 0.2) is 0 Å². The van der Waals surface area contributed by atoms with E-state index in [0.717, 1.165) is 12.2 Å². The van der Waals surface area contributed by atoms with E-state index in [2.05, 4.69) is 40.2 Å². The number of hydrogen-bond acceptors (Lipinski definition) is 8. The molecule has 3 aliphatic heterocycles. The quantitative estimate of drug-likeness (QED) is 0.528. The second-order valence-corrected chi connectivity index (χ2v) is 8.65. The molecule has 0 spiro atoms. The number of alkyl carbamates (subject to hydrolysis) is 1. The van der Waals surface area contributed by atoms with Crippen LogP contribution in [0.15, 0.2) is 0 Å². The Bertz CT molecular complexity index is 592. The summed E-state index contributed by atoms with van der Waals surface area (Å²) in [5.74, 6) is -0.192. The summed E-state index contributed by atoms with van der Waals surface area (Å²) in [4.78, 5) is 36.6. The number of nitrogens with one attached hydrogen (secondary N) is 4. The number of carbonyl (C=O) groups is 3. The van der Waals surface area contributed by atoms with Gasteiger partial charge in [-0.3, -0.25) is 20.2 Å². The zero-order valence-corrected chi connectivity index (χ0v) is 16.8. The summed E-state index contributed by atoms with van der Waals surface area (Å²) >= 11 is 1.53. The molecule has 6 unspecified atom stereocenters. The maximum atomic E-state index is 12.8. The SMILES string of the molecule is CCOC(=O)NC(=O)C1CCSC1NC(=O)C1CC2NC(C)CC(C)N2N1. The van der Waals surface area contributed by atoms with Crippen molar-refractivity contribution < 1.29 is 19.1 Å². The van der Waals surface area contributed by atoms with Gasteiger partial charge in [0.2, 0.25) is 11.8 Å². The molecular weight excluding hydrogens is 370 g/mol. The molecule has 3 rings (SSSR count). The van der Waals surface area contributed by atoms with Crippen LogP contribution < -0.4 is 21.4 Å². The van der Waals surface area contributed by atoms with Crippen LogP contribution in [0.4, 0.5) is 4.79 Å². The monoisotopic (exact) mass is 399 g/mol. The van der Waals surface area contributed by atoms with Crippen LogP contribution in [0.2, 0.25) is 0 Å². The lowest BCUT2D eigenvalue weighted by molar-refractivity contribution is -0.126. The van der Waals surface area contributed by atoms with E-state index in [1.54, 1.807) is 6.92 Å². The maximum Gasteiger partial charge on any atom is 0.413 e. The van der Waals surface area contributed by atoms with Crippen molar-refractivity contribution in [3.05, 3.63) is 0 Å². The Morgan fingerprint density at radius 2 is 2.00 bits per heavy atom. The molecule has 10 heteroatoms. The molecule has 9 nitrogen and oxygen atoms in total. The highest BCUT2D eigenvalue weighted by molar-refractivity contribution is 8.00. The van der Waals surface area contributed by atoms with Crippen LogP contribution in [0.25, 0.3) is 0 Å². The van der Waals surface area contributed by atoms with E-state index in [4.69, 9.17) is 4.74 Å². The minimum absolute atomic E-state index is 0.112. The molecule has 152 valence electrons. The van der Waals surface area contributed by atoms with Crippen LogP contribution in [0.1, 0.15) is 40.0 Å². The van der Waals surface area contributed by atoms with Crippen LogP contribution in [0.3, 0.4) is 0 Å². The number of nitrogens with zero attached hydrogens (tertiary/aromatic N) is 1. The van der Waals surface area contributed by atoms with Crippen molar-refractivity contribution in [2.24, 2.45) is 5.92 Å². The molecule has 3 amide bonds. The smallest absolute Gasteiger partial charge is 0.413 e. The number of hydrogen-bond donors (Lipinski definition) is 4. The summed E-state index contributed by atoms with van der Waals surface area (Å²) in [5, 5.41) is 10.5. The number of carbonyl (C=O) groups excluding carboxylic acids is 3. The second-order valence-electron chi connectivity index (χ2n) is 7.40. The van der Waals surface area contributed by atoms with Gasteiger partial charge in [0, 0.05) is 18.5 Å². The fourth-order valence-corrected chi connectivity index (χ4v) is 5.37. The van der Waals surface area contributed by atoms with E-state index in [1.165, 1.54) is 11.8 Å². The molecule has 6 atom stereocenters. The summed E-state index contributed by atoms with van der Waals surface area (Å²) in [5.41, 5.74) is 3.30. The molecule has 3 aliphatic rings. The highest BCUT2D eigenvalue weighted by Gasteiger charge is 2.43. The number of fused-ring (bicyclic) bond motifs is 1. The highest BCUT2D eigenvalue weighted by atomic mass is 32.2. The first-order valence-corrected chi connectivity index (χ1v) is 10.6. The Kier molecular flexibility index (Phi) is 6.61. The van der Waals surface area contributed by atoms with Gasteiger partial charge in [0.05, 0.1) is 24.1 Å². The molecule has 0 saturated carbocycles. The molecule has 4 N–H and O–H groups in total. The Morgan fingerprint density at radius 3 is 2.74 bits per heavy atom. The zero-order valence-electron chi connectivity index (χ0n) is 16.0. The average Bonchev–Trinajstić information content (AvgIpc) is 3.21. The minimum Gasteiger partial charge on any atom is -0.450 e. The van der Waals surface area contributed by atoms with Gasteiger partial charge >= 0.3 is 6.09 Å². The van der Waals surface area contributed by atoms with Gasteiger partial charge in [-0.05, 0) is 39.4 Å². The first kappa shape index (κ1) is 20.4. The molecule has 0 aliphatic carbocycles. The third-order valence-electron chi connectivity index (χ3n) is 5.28. The lowest BCUT2D eigenvalue weighted by Crippen LogP contribution is -2.59. The summed E-state index contributed by atoms with van der Waals surface area (Å²) in [6.07, 6.45) is 1.71. The number of amides is 3. The molecule has 0 aromatic carbocycles. The second kappa shape index (κ2) is 8.76. The van der Waals surface area contributed by atoms with Crippen LogP contribution in [-0.4, -0.2) is 64.9 Å². The fourth-order valence-electron chi connectivity index (χ4n) is 4.03. The van der Waals surface area contributed by atoms with Gasteiger partial charge in [-0.15, -0.1) is 11.8 Å². The predicted molar refractivity (Wildman–Crippen MR) is 102 cm³/mol.